The summed E-state index contributed by atoms with van der Waals surface area (Å²) in [5.74, 6) is 0. The minimum Gasteiger partial charge on any atom is -0.313 e. The molecule has 1 fully saturated rings. The van der Waals surface area contributed by atoms with Crippen LogP contribution in [-0.4, -0.2) is 45.2 Å². The summed E-state index contributed by atoms with van der Waals surface area (Å²) < 4.78 is 1.35. The van der Waals surface area contributed by atoms with Gasteiger partial charge in [-0.3, -0.25) is 9.69 Å². The predicted molar refractivity (Wildman–Crippen MR) is 79.2 cm³/mol. The molecule has 3 rings (SSSR count). The van der Waals surface area contributed by atoms with E-state index in [1.807, 2.05) is 6.92 Å². The zero-order valence-electron chi connectivity index (χ0n) is 11.7. The van der Waals surface area contributed by atoms with Crippen molar-refractivity contribution >= 4 is 16.3 Å². The quantitative estimate of drug-likeness (QED) is 0.860. The largest absolute Gasteiger partial charge is 0.313 e. The molecule has 3 heterocycles. The Morgan fingerprint density at radius 2 is 2.48 bits per heavy atom. The fraction of sp³-hybridized carbons (Fsp3) is 0.538. The molecule has 0 saturated carbocycles. The average molecular weight is 304 g/mol. The Kier molecular flexibility index (Phi) is 3.96. The maximum atomic E-state index is 12.1. The highest BCUT2D eigenvalue weighted by molar-refractivity contribution is 7.16. The fourth-order valence-corrected chi connectivity index (χ4v) is 3.25. The number of hydrogen-bond acceptors (Lipinski definition) is 7. The van der Waals surface area contributed by atoms with Gasteiger partial charge in [0.25, 0.3) is 5.56 Å². The summed E-state index contributed by atoms with van der Waals surface area (Å²) >= 11 is 1.44. The molecule has 0 aromatic carbocycles. The Hall–Kier alpha value is -1.82. The fourth-order valence-electron chi connectivity index (χ4n) is 2.39. The molecule has 1 atom stereocenters. The van der Waals surface area contributed by atoms with Gasteiger partial charge in [0, 0.05) is 32.2 Å². The van der Waals surface area contributed by atoms with Crippen molar-refractivity contribution in [2.45, 2.75) is 25.9 Å². The average Bonchev–Trinajstić information content (AvgIpc) is 2.91. The van der Waals surface area contributed by atoms with Crippen molar-refractivity contribution in [3.63, 3.8) is 0 Å². The lowest BCUT2D eigenvalue weighted by atomic mass is 10.2. The molecule has 2 aromatic heterocycles. The molecule has 0 amide bonds. The lowest BCUT2D eigenvalue weighted by Crippen LogP contribution is -2.50. The van der Waals surface area contributed by atoms with Crippen LogP contribution in [0.15, 0.2) is 10.9 Å². The van der Waals surface area contributed by atoms with Gasteiger partial charge in [-0.05, 0) is 6.42 Å². The highest BCUT2D eigenvalue weighted by atomic mass is 32.1. The first-order chi connectivity index (χ1) is 10.2. The Labute approximate surface area is 125 Å². The maximum absolute atomic E-state index is 12.1. The van der Waals surface area contributed by atoms with E-state index in [9.17, 15) is 10.1 Å². The monoisotopic (exact) mass is 304 g/mol. The van der Waals surface area contributed by atoms with Crippen LogP contribution in [-0.2, 0) is 13.0 Å². The molecule has 1 aliphatic heterocycles. The zero-order valence-corrected chi connectivity index (χ0v) is 12.6. The number of hydrogen-bond donors (Lipinski definition) is 1. The lowest BCUT2D eigenvalue weighted by Gasteiger charge is -2.31. The molecule has 0 radical (unpaired) electrons. The second kappa shape index (κ2) is 5.89. The summed E-state index contributed by atoms with van der Waals surface area (Å²) in [6.45, 7) is 4.80. The molecule has 0 spiro atoms. The van der Waals surface area contributed by atoms with E-state index in [1.165, 1.54) is 21.9 Å². The number of piperazine rings is 1. The first kappa shape index (κ1) is 14.1. The molecule has 0 bridgehead atoms. The lowest BCUT2D eigenvalue weighted by molar-refractivity contribution is 0.187. The van der Waals surface area contributed by atoms with Crippen LogP contribution in [0.4, 0.5) is 0 Å². The molecule has 1 N–H and O–H groups in total. The topological polar surface area (TPSA) is 86.3 Å². The van der Waals surface area contributed by atoms with Crippen molar-refractivity contribution in [1.82, 2.24) is 24.8 Å². The van der Waals surface area contributed by atoms with Gasteiger partial charge in [-0.15, -0.1) is 0 Å². The molecule has 2 aromatic rings. The van der Waals surface area contributed by atoms with Gasteiger partial charge < -0.3 is 5.32 Å². The predicted octanol–water partition coefficient (Wildman–Crippen LogP) is 0.0108. The molecular formula is C13H16N6OS. The molecule has 110 valence electrons. The third kappa shape index (κ3) is 2.81. The number of aromatic nitrogens is 3. The van der Waals surface area contributed by atoms with Crippen LogP contribution in [0.5, 0.6) is 0 Å². The van der Waals surface area contributed by atoms with Crippen LogP contribution in [0, 0.1) is 11.3 Å². The van der Waals surface area contributed by atoms with Gasteiger partial charge in [0.05, 0.1) is 11.8 Å². The summed E-state index contributed by atoms with van der Waals surface area (Å²) in [7, 11) is 0. The van der Waals surface area contributed by atoms with Gasteiger partial charge in [-0.25, -0.2) is 4.98 Å². The minimum absolute atomic E-state index is 0.158. The SMILES string of the molecule is CCc1nn2c(=O)cc(CN3CCNCC3C#N)nc2s1. The maximum Gasteiger partial charge on any atom is 0.275 e. The summed E-state index contributed by atoms with van der Waals surface area (Å²) in [4.78, 5) is 19.3. The van der Waals surface area contributed by atoms with Crippen molar-refractivity contribution < 1.29 is 0 Å². The normalized spacial score (nSPS) is 19.7. The van der Waals surface area contributed by atoms with E-state index in [4.69, 9.17) is 0 Å². The smallest absolute Gasteiger partial charge is 0.275 e. The third-order valence-electron chi connectivity index (χ3n) is 3.51. The number of nitriles is 1. The summed E-state index contributed by atoms with van der Waals surface area (Å²) in [6.07, 6.45) is 0.789. The molecule has 1 unspecified atom stereocenters. The van der Waals surface area contributed by atoms with E-state index in [1.54, 1.807) is 0 Å². The number of rotatable bonds is 3. The van der Waals surface area contributed by atoms with Gasteiger partial charge in [0.15, 0.2) is 0 Å². The third-order valence-corrected chi connectivity index (χ3v) is 4.56. The van der Waals surface area contributed by atoms with Gasteiger partial charge >= 0.3 is 0 Å². The van der Waals surface area contributed by atoms with E-state index >= 15 is 0 Å². The first-order valence-corrected chi connectivity index (χ1v) is 7.76. The van der Waals surface area contributed by atoms with Gasteiger partial charge in [0.2, 0.25) is 4.96 Å². The van der Waals surface area contributed by atoms with E-state index in [2.05, 4.69) is 26.4 Å². The van der Waals surface area contributed by atoms with Crippen molar-refractivity contribution in [1.29, 1.82) is 5.26 Å². The molecular weight excluding hydrogens is 288 g/mol. The van der Waals surface area contributed by atoms with Gasteiger partial charge in [0.1, 0.15) is 11.0 Å². The van der Waals surface area contributed by atoms with E-state index in [0.717, 1.165) is 24.5 Å². The van der Waals surface area contributed by atoms with Crippen LogP contribution in [0.1, 0.15) is 17.6 Å². The zero-order chi connectivity index (χ0) is 14.8. The highest BCUT2D eigenvalue weighted by Crippen LogP contribution is 2.13. The first-order valence-electron chi connectivity index (χ1n) is 6.94. The van der Waals surface area contributed by atoms with E-state index in [0.29, 0.717) is 23.7 Å². The van der Waals surface area contributed by atoms with Crippen LogP contribution >= 0.6 is 11.3 Å². The Morgan fingerprint density at radius 1 is 1.62 bits per heavy atom. The number of fused-ring (bicyclic) bond motifs is 1. The molecule has 8 heteroatoms. The standard InChI is InChI=1S/C13H16N6OS/c1-2-11-17-19-12(20)5-9(16-13(19)21-11)8-18-4-3-15-7-10(18)6-14/h5,10,15H,2-4,7-8H2,1H3. The van der Waals surface area contributed by atoms with Crippen molar-refractivity contribution in [3.05, 3.63) is 27.1 Å². The van der Waals surface area contributed by atoms with Crippen LogP contribution in [0.2, 0.25) is 0 Å². The molecule has 1 saturated heterocycles. The molecule has 7 nitrogen and oxygen atoms in total. The second-order valence-electron chi connectivity index (χ2n) is 4.95. The number of nitrogens with one attached hydrogen (secondary N) is 1. The Bertz CT molecular complexity index is 745. The van der Waals surface area contributed by atoms with Crippen LogP contribution in [0.25, 0.3) is 4.96 Å². The molecule has 21 heavy (non-hydrogen) atoms. The summed E-state index contributed by atoms with van der Waals surface area (Å²) in [5.41, 5.74) is 0.544. The molecule has 1 aliphatic rings. The highest BCUT2D eigenvalue weighted by Gasteiger charge is 2.22. The van der Waals surface area contributed by atoms with Crippen LogP contribution in [0.3, 0.4) is 0 Å². The summed E-state index contributed by atoms with van der Waals surface area (Å²) in [5, 5.41) is 17.5. The Morgan fingerprint density at radius 3 is 3.24 bits per heavy atom. The number of aryl methyl sites for hydroxylation is 1. The summed E-state index contributed by atoms with van der Waals surface area (Å²) in [6, 6.07) is 3.62. The van der Waals surface area contributed by atoms with Crippen molar-refractivity contribution in [3.8, 4) is 6.07 Å². The Balaban J connectivity index is 1.90. The van der Waals surface area contributed by atoms with Crippen molar-refractivity contribution in [2.24, 2.45) is 0 Å². The number of nitrogens with zero attached hydrogens (tertiary/aromatic N) is 5. The second-order valence-corrected chi connectivity index (χ2v) is 5.99. The minimum atomic E-state index is -0.174. The van der Waals surface area contributed by atoms with Gasteiger partial charge in [-0.2, -0.15) is 14.9 Å². The van der Waals surface area contributed by atoms with Gasteiger partial charge in [-0.1, -0.05) is 18.3 Å². The molecule has 0 aliphatic carbocycles. The van der Waals surface area contributed by atoms with Crippen molar-refractivity contribution in [2.75, 3.05) is 19.6 Å². The van der Waals surface area contributed by atoms with E-state index < -0.39 is 0 Å². The van der Waals surface area contributed by atoms with Crippen LogP contribution < -0.4 is 10.9 Å². The van der Waals surface area contributed by atoms with E-state index in [-0.39, 0.29) is 11.6 Å².